The Bertz CT molecular complexity index is 387. The van der Waals surface area contributed by atoms with Crippen molar-refractivity contribution in [3.8, 4) is 0 Å². The van der Waals surface area contributed by atoms with Gasteiger partial charge in [0.1, 0.15) is 0 Å². The van der Waals surface area contributed by atoms with Crippen molar-refractivity contribution < 1.29 is 8.78 Å². The normalized spacial score (nSPS) is 27.8. The molecule has 1 nitrogen and oxygen atoms in total. The van der Waals surface area contributed by atoms with Crippen molar-refractivity contribution in [2.45, 2.75) is 19.8 Å². The highest BCUT2D eigenvalue weighted by molar-refractivity contribution is 5.33. The quantitative estimate of drug-likeness (QED) is 0.799. The highest BCUT2D eigenvalue weighted by Gasteiger charge is 2.58. The summed E-state index contributed by atoms with van der Waals surface area (Å²) in [5.74, 6) is -1.18. The van der Waals surface area contributed by atoms with Crippen LogP contribution in [0.2, 0.25) is 0 Å². The van der Waals surface area contributed by atoms with Gasteiger partial charge in [0.25, 0.3) is 0 Å². The molecule has 3 heteroatoms. The molecule has 2 atom stereocenters. The molecule has 15 heavy (non-hydrogen) atoms. The minimum Gasteiger partial charge on any atom is -0.330 e. The first-order valence-corrected chi connectivity index (χ1v) is 5.14. The summed E-state index contributed by atoms with van der Waals surface area (Å²) in [6.07, 6.45) is 0. The predicted octanol–water partition coefficient (Wildman–Crippen LogP) is 2.66. The number of halogens is 2. The third-order valence-electron chi connectivity index (χ3n) is 3.62. The first-order chi connectivity index (χ1) is 7.00. The number of benzene rings is 1. The maximum Gasteiger partial charge on any atom is 0.162 e. The fraction of sp³-hybridized carbons (Fsp3) is 0.500. The lowest BCUT2D eigenvalue weighted by Crippen LogP contribution is -2.05. The molecular formula is C12H15F2N. The van der Waals surface area contributed by atoms with Gasteiger partial charge in [-0.2, -0.15) is 0 Å². The lowest BCUT2D eigenvalue weighted by molar-refractivity contribution is 0.492. The Morgan fingerprint density at radius 3 is 2.53 bits per heavy atom. The summed E-state index contributed by atoms with van der Waals surface area (Å²) in [6.45, 7) is 4.60. The molecule has 1 aliphatic carbocycles. The Labute approximate surface area is 88.3 Å². The molecule has 2 unspecified atom stereocenters. The van der Waals surface area contributed by atoms with Gasteiger partial charge in [0.2, 0.25) is 0 Å². The Hall–Kier alpha value is -0.960. The van der Waals surface area contributed by atoms with E-state index in [0.717, 1.165) is 6.07 Å². The van der Waals surface area contributed by atoms with E-state index >= 15 is 0 Å². The molecule has 0 bridgehead atoms. The lowest BCUT2D eigenvalue weighted by atomic mass is 10.0. The summed E-state index contributed by atoms with van der Waals surface area (Å²) in [5.41, 5.74) is 6.07. The molecular weight excluding hydrogens is 196 g/mol. The molecule has 82 valence electrons. The van der Waals surface area contributed by atoms with Crippen molar-refractivity contribution >= 4 is 0 Å². The van der Waals surface area contributed by atoms with E-state index in [1.54, 1.807) is 12.1 Å². The summed E-state index contributed by atoms with van der Waals surface area (Å²) in [4.78, 5) is 0. The lowest BCUT2D eigenvalue weighted by Gasteiger charge is -2.04. The molecule has 0 aliphatic heterocycles. The summed E-state index contributed by atoms with van der Waals surface area (Å²) >= 11 is 0. The van der Waals surface area contributed by atoms with E-state index in [1.165, 1.54) is 0 Å². The molecule has 0 amide bonds. The van der Waals surface area contributed by atoms with Crippen molar-refractivity contribution in [3.63, 3.8) is 0 Å². The van der Waals surface area contributed by atoms with Crippen LogP contribution in [0.25, 0.3) is 0 Å². The van der Waals surface area contributed by atoms with Crippen molar-refractivity contribution in [1.29, 1.82) is 0 Å². The average molecular weight is 211 g/mol. The number of hydrogen-bond donors (Lipinski definition) is 1. The van der Waals surface area contributed by atoms with Gasteiger partial charge in [0.05, 0.1) is 0 Å². The zero-order valence-corrected chi connectivity index (χ0v) is 8.93. The van der Waals surface area contributed by atoms with Gasteiger partial charge in [0, 0.05) is 0 Å². The van der Waals surface area contributed by atoms with Crippen LogP contribution in [0.15, 0.2) is 18.2 Å². The van der Waals surface area contributed by atoms with Gasteiger partial charge in [0.15, 0.2) is 11.6 Å². The second-order valence-corrected chi connectivity index (χ2v) is 4.78. The second kappa shape index (κ2) is 3.27. The molecule has 0 heterocycles. The molecule has 2 rings (SSSR count). The third kappa shape index (κ3) is 1.46. The monoisotopic (exact) mass is 211 g/mol. The van der Waals surface area contributed by atoms with Crippen LogP contribution in [-0.4, -0.2) is 6.54 Å². The largest absolute Gasteiger partial charge is 0.330 e. The Kier molecular flexibility index (Phi) is 2.30. The molecule has 1 aromatic rings. The van der Waals surface area contributed by atoms with Crippen molar-refractivity contribution in [1.82, 2.24) is 0 Å². The van der Waals surface area contributed by atoms with Crippen LogP contribution in [0.1, 0.15) is 25.3 Å². The van der Waals surface area contributed by atoms with E-state index in [2.05, 4.69) is 0 Å². The minimum absolute atomic E-state index is 0.0105. The van der Waals surface area contributed by atoms with Gasteiger partial charge in [-0.3, -0.25) is 0 Å². The van der Waals surface area contributed by atoms with Crippen LogP contribution in [0.4, 0.5) is 8.78 Å². The fourth-order valence-electron chi connectivity index (χ4n) is 2.56. The highest BCUT2D eigenvalue weighted by Crippen LogP contribution is 2.64. The van der Waals surface area contributed by atoms with E-state index in [1.807, 2.05) is 13.8 Å². The zero-order valence-electron chi connectivity index (χ0n) is 8.93. The molecule has 1 saturated carbocycles. The van der Waals surface area contributed by atoms with Gasteiger partial charge in [-0.1, -0.05) is 26.0 Å². The van der Waals surface area contributed by atoms with E-state index < -0.39 is 11.6 Å². The van der Waals surface area contributed by atoms with Gasteiger partial charge in [-0.15, -0.1) is 0 Å². The average Bonchev–Trinajstić information content (AvgIpc) is 2.73. The van der Waals surface area contributed by atoms with Crippen molar-refractivity contribution in [2.24, 2.45) is 17.1 Å². The molecule has 1 aromatic carbocycles. The zero-order chi connectivity index (χ0) is 11.2. The first-order valence-electron chi connectivity index (χ1n) is 5.14. The molecule has 0 radical (unpaired) electrons. The highest BCUT2D eigenvalue weighted by atomic mass is 19.2. The van der Waals surface area contributed by atoms with Crippen LogP contribution in [0, 0.1) is 23.0 Å². The molecule has 2 N–H and O–H groups in total. The molecule has 0 spiro atoms. The number of rotatable bonds is 2. The van der Waals surface area contributed by atoms with Gasteiger partial charge in [-0.05, 0) is 35.4 Å². The Morgan fingerprint density at radius 2 is 2.00 bits per heavy atom. The summed E-state index contributed by atoms with van der Waals surface area (Å²) in [6, 6.07) is 4.35. The summed E-state index contributed by atoms with van der Waals surface area (Å²) in [7, 11) is 0. The SMILES string of the molecule is CC1(C)C(CN)C1c1cccc(F)c1F. The van der Waals surface area contributed by atoms with E-state index in [4.69, 9.17) is 5.73 Å². The third-order valence-corrected chi connectivity index (χ3v) is 3.62. The predicted molar refractivity (Wildman–Crippen MR) is 55.4 cm³/mol. The second-order valence-electron chi connectivity index (χ2n) is 4.78. The maximum atomic E-state index is 13.5. The maximum absolute atomic E-state index is 13.5. The van der Waals surface area contributed by atoms with E-state index in [9.17, 15) is 8.78 Å². The summed E-state index contributed by atoms with van der Waals surface area (Å²) < 4.78 is 26.6. The van der Waals surface area contributed by atoms with Crippen molar-refractivity contribution in [2.75, 3.05) is 6.54 Å². The smallest absolute Gasteiger partial charge is 0.162 e. The van der Waals surface area contributed by atoms with Gasteiger partial charge >= 0.3 is 0 Å². The molecule has 0 saturated heterocycles. The Balaban J connectivity index is 2.37. The Morgan fingerprint density at radius 1 is 1.33 bits per heavy atom. The molecule has 0 aromatic heterocycles. The van der Waals surface area contributed by atoms with Crippen LogP contribution >= 0.6 is 0 Å². The van der Waals surface area contributed by atoms with Crippen LogP contribution in [0.5, 0.6) is 0 Å². The molecule has 1 aliphatic rings. The van der Waals surface area contributed by atoms with Crippen LogP contribution in [-0.2, 0) is 0 Å². The van der Waals surface area contributed by atoms with Crippen molar-refractivity contribution in [3.05, 3.63) is 35.4 Å². The first kappa shape index (κ1) is 10.6. The number of hydrogen-bond acceptors (Lipinski definition) is 1. The molecule has 1 fully saturated rings. The topological polar surface area (TPSA) is 26.0 Å². The number of nitrogens with two attached hydrogens (primary N) is 1. The fourth-order valence-corrected chi connectivity index (χ4v) is 2.56. The van der Waals surface area contributed by atoms with E-state index in [-0.39, 0.29) is 17.3 Å². The van der Waals surface area contributed by atoms with Crippen LogP contribution in [0.3, 0.4) is 0 Å². The van der Waals surface area contributed by atoms with Gasteiger partial charge < -0.3 is 5.73 Å². The summed E-state index contributed by atoms with van der Waals surface area (Å²) in [5, 5.41) is 0. The minimum atomic E-state index is -0.772. The van der Waals surface area contributed by atoms with Gasteiger partial charge in [-0.25, -0.2) is 8.78 Å². The van der Waals surface area contributed by atoms with E-state index in [0.29, 0.717) is 12.1 Å². The van der Waals surface area contributed by atoms with Crippen LogP contribution < -0.4 is 5.73 Å². The standard InChI is InChI=1S/C12H15F2N/c1-12(2)8(6-15)10(12)7-4-3-5-9(13)11(7)14/h3-5,8,10H,6,15H2,1-2H3.